The molecule has 1 N–H and O–H groups in total. The Morgan fingerprint density at radius 3 is 2.50 bits per heavy atom. The van der Waals surface area contributed by atoms with Crippen molar-refractivity contribution < 1.29 is 9.52 Å². The molecule has 0 aliphatic heterocycles. The van der Waals surface area contributed by atoms with Gasteiger partial charge in [-0.15, -0.1) is 0 Å². The highest BCUT2D eigenvalue weighted by Crippen LogP contribution is 2.26. The molecule has 0 bridgehead atoms. The van der Waals surface area contributed by atoms with Crippen LogP contribution in [0.3, 0.4) is 0 Å². The smallest absolute Gasteiger partial charge is 0.228 e. The minimum absolute atomic E-state index is 0.228. The molecule has 0 saturated heterocycles. The molecule has 0 radical (unpaired) electrons. The molecule has 4 heteroatoms. The minimum atomic E-state index is 0.228. The van der Waals surface area contributed by atoms with E-state index in [2.05, 4.69) is 9.97 Å². The summed E-state index contributed by atoms with van der Waals surface area (Å²) in [6.45, 7) is 0. The number of pyridine rings is 1. The van der Waals surface area contributed by atoms with Crippen LogP contribution in [0.15, 0.2) is 59.4 Å². The van der Waals surface area contributed by atoms with E-state index in [1.54, 1.807) is 42.9 Å². The van der Waals surface area contributed by atoms with E-state index in [1.807, 2.05) is 12.1 Å². The zero-order valence-electron chi connectivity index (χ0n) is 9.45. The first-order chi connectivity index (χ1) is 8.83. The van der Waals surface area contributed by atoms with Crippen LogP contribution in [0, 0.1) is 0 Å². The average molecular weight is 238 g/mol. The lowest BCUT2D eigenvalue weighted by Gasteiger charge is -1.96. The molecule has 4 nitrogen and oxygen atoms in total. The molecule has 0 unspecified atom stereocenters. The third-order valence-corrected chi connectivity index (χ3v) is 2.57. The van der Waals surface area contributed by atoms with E-state index in [0.29, 0.717) is 11.7 Å². The van der Waals surface area contributed by atoms with Crippen LogP contribution in [0.2, 0.25) is 0 Å². The molecule has 0 aliphatic carbocycles. The van der Waals surface area contributed by atoms with E-state index in [0.717, 1.165) is 11.1 Å². The summed E-state index contributed by atoms with van der Waals surface area (Å²) in [6, 6.07) is 10.5. The van der Waals surface area contributed by atoms with Gasteiger partial charge < -0.3 is 9.52 Å². The lowest BCUT2D eigenvalue weighted by molar-refractivity contribution is 0.475. The molecule has 2 heterocycles. The zero-order valence-corrected chi connectivity index (χ0v) is 9.45. The summed E-state index contributed by atoms with van der Waals surface area (Å²) in [5.41, 5.74) is 1.71. The molecule has 0 amide bonds. The van der Waals surface area contributed by atoms with Gasteiger partial charge in [0.2, 0.25) is 5.89 Å². The molecular formula is C14H10N2O2. The van der Waals surface area contributed by atoms with Crippen LogP contribution in [0.5, 0.6) is 5.75 Å². The van der Waals surface area contributed by atoms with Gasteiger partial charge in [-0.2, -0.15) is 0 Å². The number of hydrogen-bond donors (Lipinski definition) is 1. The van der Waals surface area contributed by atoms with Gasteiger partial charge >= 0.3 is 0 Å². The first kappa shape index (κ1) is 10.5. The van der Waals surface area contributed by atoms with Crippen molar-refractivity contribution in [3.8, 4) is 28.5 Å². The van der Waals surface area contributed by atoms with Crippen molar-refractivity contribution in [3.63, 3.8) is 0 Å². The van der Waals surface area contributed by atoms with Gasteiger partial charge in [-0.25, -0.2) is 4.98 Å². The van der Waals surface area contributed by atoms with Crippen molar-refractivity contribution in [2.24, 2.45) is 0 Å². The summed E-state index contributed by atoms with van der Waals surface area (Å²) in [5, 5.41) is 9.23. The van der Waals surface area contributed by atoms with Crippen LogP contribution in [0.4, 0.5) is 0 Å². The predicted octanol–water partition coefficient (Wildman–Crippen LogP) is 3.11. The van der Waals surface area contributed by atoms with Crippen LogP contribution >= 0.6 is 0 Å². The number of aromatic hydroxyl groups is 1. The Morgan fingerprint density at radius 2 is 1.78 bits per heavy atom. The van der Waals surface area contributed by atoms with E-state index in [9.17, 15) is 5.11 Å². The van der Waals surface area contributed by atoms with Gasteiger partial charge in [0.15, 0.2) is 5.76 Å². The maximum Gasteiger partial charge on any atom is 0.228 e. The van der Waals surface area contributed by atoms with Crippen LogP contribution < -0.4 is 0 Å². The molecule has 3 aromatic rings. The highest BCUT2D eigenvalue weighted by Gasteiger charge is 2.08. The number of oxazole rings is 1. The van der Waals surface area contributed by atoms with E-state index in [1.165, 1.54) is 0 Å². The van der Waals surface area contributed by atoms with Crippen LogP contribution in [0.1, 0.15) is 0 Å². The Bertz CT molecular complexity index is 645. The number of phenols is 1. The van der Waals surface area contributed by atoms with Crippen molar-refractivity contribution in [2.75, 3.05) is 0 Å². The summed E-state index contributed by atoms with van der Waals surface area (Å²) in [4.78, 5) is 8.24. The average Bonchev–Trinajstić information content (AvgIpc) is 2.90. The number of benzene rings is 1. The Balaban J connectivity index is 1.97. The highest BCUT2D eigenvalue weighted by molar-refractivity contribution is 5.61. The summed E-state index contributed by atoms with van der Waals surface area (Å²) in [5.74, 6) is 1.42. The molecule has 3 rings (SSSR count). The van der Waals surface area contributed by atoms with Crippen molar-refractivity contribution in [3.05, 3.63) is 55.0 Å². The number of rotatable bonds is 2. The second-order valence-corrected chi connectivity index (χ2v) is 3.82. The van der Waals surface area contributed by atoms with Gasteiger partial charge in [-0.3, -0.25) is 4.98 Å². The van der Waals surface area contributed by atoms with Crippen LogP contribution in [-0.2, 0) is 0 Å². The minimum Gasteiger partial charge on any atom is -0.508 e. The van der Waals surface area contributed by atoms with Crippen molar-refractivity contribution >= 4 is 0 Å². The van der Waals surface area contributed by atoms with Gasteiger partial charge in [0, 0.05) is 18.0 Å². The summed E-state index contributed by atoms with van der Waals surface area (Å²) in [6.07, 6.45) is 5.06. The third kappa shape index (κ3) is 1.96. The first-order valence-corrected chi connectivity index (χ1v) is 5.48. The third-order valence-electron chi connectivity index (χ3n) is 2.57. The molecule has 0 atom stereocenters. The summed E-state index contributed by atoms with van der Waals surface area (Å²) < 4.78 is 5.66. The maximum atomic E-state index is 9.23. The molecule has 18 heavy (non-hydrogen) atoms. The molecule has 0 saturated carbocycles. The number of hydrogen-bond acceptors (Lipinski definition) is 4. The fourth-order valence-electron chi connectivity index (χ4n) is 1.66. The Labute approximate surface area is 104 Å². The van der Waals surface area contributed by atoms with Crippen LogP contribution in [0.25, 0.3) is 22.8 Å². The number of nitrogens with zero attached hydrogens (tertiary/aromatic N) is 2. The van der Waals surface area contributed by atoms with E-state index < -0.39 is 0 Å². The quantitative estimate of drug-likeness (QED) is 0.745. The second kappa shape index (κ2) is 4.33. The zero-order chi connectivity index (χ0) is 12.4. The Hall–Kier alpha value is -2.62. The molecule has 0 spiro atoms. The van der Waals surface area contributed by atoms with Crippen LogP contribution in [-0.4, -0.2) is 15.1 Å². The van der Waals surface area contributed by atoms with Crippen molar-refractivity contribution in [1.82, 2.24) is 9.97 Å². The van der Waals surface area contributed by atoms with E-state index in [-0.39, 0.29) is 5.75 Å². The number of phenolic OH excluding ortho intramolecular Hbond substituents is 1. The van der Waals surface area contributed by atoms with Gasteiger partial charge in [0.05, 0.1) is 11.8 Å². The monoisotopic (exact) mass is 238 g/mol. The predicted molar refractivity (Wildman–Crippen MR) is 66.8 cm³/mol. The van der Waals surface area contributed by atoms with Crippen molar-refractivity contribution in [2.45, 2.75) is 0 Å². The SMILES string of the molecule is Oc1ccc(-c2cnc(-c3cccnc3)o2)cc1. The molecule has 2 aromatic heterocycles. The van der Waals surface area contributed by atoms with E-state index >= 15 is 0 Å². The maximum absolute atomic E-state index is 9.23. The second-order valence-electron chi connectivity index (χ2n) is 3.82. The lowest BCUT2D eigenvalue weighted by atomic mass is 10.2. The van der Waals surface area contributed by atoms with Gasteiger partial charge in [-0.1, -0.05) is 0 Å². The highest BCUT2D eigenvalue weighted by atomic mass is 16.4. The summed E-state index contributed by atoms with van der Waals surface area (Å²) >= 11 is 0. The normalized spacial score (nSPS) is 10.4. The molecule has 0 fully saturated rings. The largest absolute Gasteiger partial charge is 0.508 e. The van der Waals surface area contributed by atoms with Gasteiger partial charge in [0.1, 0.15) is 5.75 Å². The standard InChI is InChI=1S/C14H10N2O2/c17-12-5-3-10(4-6-12)13-9-16-14(18-13)11-2-1-7-15-8-11/h1-9,17H. The Kier molecular flexibility index (Phi) is 2.53. The fourth-order valence-corrected chi connectivity index (χ4v) is 1.66. The van der Waals surface area contributed by atoms with Gasteiger partial charge in [-0.05, 0) is 36.4 Å². The number of aromatic nitrogens is 2. The van der Waals surface area contributed by atoms with E-state index in [4.69, 9.17) is 4.42 Å². The molecule has 0 aliphatic rings. The molecular weight excluding hydrogens is 228 g/mol. The Morgan fingerprint density at radius 1 is 0.944 bits per heavy atom. The first-order valence-electron chi connectivity index (χ1n) is 5.48. The van der Waals surface area contributed by atoms with Crippen molar-refractivity contribution in [1.29, 1.82) is 0 Å². The summed E-state index contributed by atoms with van der Waals surface area (Å²) in [7, 11) is 0. The topological polar surface area (TPSA) is 59.2 Å². The molecule has 88 valence electrons. The van der Waals surface area contributed by atoms with Gasteiger partial charge in [0.25, 0.3) is 0 Å². The fraction of sp³-hybridized carbons (Fsp3) is 0. The lowest BCUT2D eigenvalue weighted by Crippen LogP contribution is -1.77. The molecule has 1 aromatic carbocycles.